The molecule has 1 heterocycles. The number of aliphatic hydroxyl groups excluding tert-OH is 1. The average Bonchev–Trinajstić information content (AvgIpc) is 2.56. The van der Waals surface area contributed by atoms with Gasteiger partial charge in [0.05, 0.1) is 17.7 Å². The summed E-state index contributed by atoms with van der Waals surface area (Å²) in [6.45, 7) is 0. The molecule has 0 radical (unpaired) electrons. The molecule has 1 fully saturated rings. The minimum Gasteiger partial charge on any atom is -0.391 e. The smallest absolute Gasteiger partial charge is 0.126 e. The minimum absolute atomic E-state index is 0.0814. The van der Waals surface area contributed by atoms with Gasteiger partial charge in [-0.3, -0.25) is 0 Å². The lowest BCUT2D eigenvalue weighted by molar-refractivity contribution is 0.144. The Kier molecular flexibility index (Phi) is 3.94. The van der Waals surface area contributed by atoms with Crippen LogP contribution in [0.3, 0.4) is 0 Å². The van der Waals surface area contributed by atoms with Gasteiger partial charge in [-0.05, 0) is 25.0 Å². The van der Waals surface area contributed by atoms with Crippen molar-refractivity contribution < 1.29 is 5.11 Å². The van der Waals surface area contributed by atoms with E-state index in [1.54, 1.807) is 18.3 Å². The summed E-state index contributed by atoms with van der Waals surface area (Å²) < 4.78 is 0. The van der Waals surface area contributed by atoms with Gasteiger partial charge in [-0.1, -0.05) is 19.3 Å². The van der Waals surface area contributed by atoms with Crippen molar-refractivity contribution in [2.24, 2.45) is 0 Å². The molecule has 0 bridgehead atoms. The molecule has 0 aromatic carbocycles. The molecular formula is C13H17N3O. The van der Waals surface area contributed by atoms with E-state index in [0.29, 0.717) is 5.56 Å². The summed E-state index contributed by atoms with van der Waals surface area (Å²) in [6, 6.07) is 5.64. The SMILES string of the molecule is N#Cc1ccc(NC2CCCCCC2O)nc1. The molecule has 2 N–H and O–H groups in total. The van der Waals surface area contributed by atoms with Gasteiger partial charge in [-0.2, -0.15) is 5.26 Å². The molecule has 0 saturated heterocycles. The molecule has 2 atom stereocenters. The maximum atomic E-state index is 9.97. The number of nitrogens with zero attached hydrogens (tertiary/aromatic N) is 2. The Morgan fingerprint density at radius 2 is 2.12 bits per heavy atom. The number of rotatable bonds is 2. The molecule has 90 valence electrons. The molecule has 1 aliphatic carbocycles. The predicted octanol–water partition coefficient (Wildman–Crippen LogP) is 2.06. The van der Waals surface area contributed by atoms with Crippen LogP contribution < -0.4 is 5.32 Å². The molecule has 17 heavy (non-hydrogen) atoms. The number of nitrogens with one attached hydrogen (secondary N) is 1. The van der Waals surface area contributed by atoms with E-state index in [1.165, 1.54) is 6.42 Å². The largest absolute Gasteiger partial charge is 0.391 e. The van der Waals surface area contributed by atoms with Crippen LogP contribution in [0.15, 0.2) is 18.3 Å². The first-order chi connectivity index (χ1) is 8.29. The van der Waals surface area contributed by atoms with Crippen LogP contribution in [0, 0.1) is 11.3 Å². The van der Waals surface area contributed by atoms with E-state index >= 15 is 0 Å². The molecule has 1 aromatic heterocycles. The first kappa shape index (κ1) is 11.9. The zero-order chi connectivity index (χ0) is 12.1. The van der Waals surface area contributed by atoms with Crippen LogP contribution in [0.1, 0.15) is 37.7 Å². The van der Waals surface area contributed by atoms with Crippen LogP contribution in [0.2, 0.25) is 0 Å². The molecule has 4 heteroatoms. The Bertz CT molecular complexity index is 396. The van der Waals surface area contributed by atoms with E-state index in [4.69, 9.17) is 5.26 Å². The van der Waals surface area contributed by atoms with Crippen LogP contribution in [-0.4, -0.2) is 22.2 Å². The Morgan fingerprint density at radius 3 is 2.82 bits per heavy atom. The van der Waals surface area contributed by atoms with E-state index in [1.807, 2.05) is 6.07 Å². The summed E-state index contributed by atoms with van der Waals surface area (Å²) in [5.41, 5.74) is 0.553. The van der Waals surface area contributed by atoms with Crippen LogP contribution in [0.5, 0.6) is 0 Å². The highest BCUT2D eigenvalue weighted by atomic mass is 16.3. The lowest BCUT2D eigenvalue weighted by Gasteiger charge is -2.22. The minimum atomic E-state index is -0.296. The molecular weight excluding hydrogens is 214 g/mol. The molecule has 0 amide bonds. The lowest BCUT2D eigenvalue weighted by Crippen LogP contribution is -2.32. The highest BCUT2D eigenvalue weighted by Gasteiger charge is 2.21. The van der Waals surface area contributed by atoms with Crippen molar-refractivity contribution in [1.29, 1.82) is 5.26 Å². The quantitative estimate of drug-likeness (QED) is 0.764. The molecule has 2 rings (SSSR count). The zero-order valence-electron chi connectivity index (χ0n) is 9.76. The second-order valence-corrected chi connectivity index (χ2v) is 4.50. The molecule has 0 aliphatic heterocycles. The average molecular weight is 231 g/mol. The topological polar surface area (TPSA) is 68.9 Å². The van der Waals surface area contributed by atoms with Gasteiger partial charge in [0.15, 0.2) is 0 Å². The van der Waals surface area contributed by atoms with E-state index in [2.05, 4.69) is 10.3 Å². The predicted molar refractivity (Wildman–Crippen MR) is 65.5 cm³/mol. The van der Waals surface area contributed by atoms with E-state index in [-0.39, 0.29) is 12.1 Å². The Morgan fingerprint density at radius 1 is 1.29 bits per heavy atom. The van der Waals surface area contributed by atoms with Gasteiger partial charge in [0.1, 0.15) is 11.9 Å². The van der Waals surface area contributed by atoms with Gasteiger partial charge < -0.3 is 10.4 Å². The maximum absolute atomic E-state index is 9.97. The van der Waals surface area contributed by atoms with Gasteiger partial charge in [0, 0.05) is 6.20 Å². The van der Waals surface area contributed by atoms with Gasteiger partial charge in [0.25, 0.3) is 0 Å². The van der Waals surface area contributed by atoms with Crippen LogP contribution in [0.4, 0.5) is 5.82 Å². The van der Waals surface area contributed by atoms with Gasteiger partial charge >= 0.3 is 0 Å². The number of nitriles is 1. The van der Waals surface area contributed by atoms with Crippen molar-refractivity contribution in [3.8, 4) is 6.07 Å². The lowest BCUT2D eigenvalue weighted by atomic mass is 10.1. The van der Waals surface area contributed by atoms with Crippen molar-refractivity contribution in [3.05, 3.63) is 23.9 Å². The number of pyridine rings is 1. The van der Waals surface area contributed by atoms with Gasteiger partial charge in [0.2, 0.25) is 0 Å². The molecule has 1 saturated carbocycles. The van der Waals surface area contributed by atoms with Crippen LogP contribution >= 0.6 is 0 Å². The number of hydrogen-bond donors (Lipinski definition) is 2. The highest BCUT2D eigenvalue weighted by molar-refractivity contribution is 5.40. The van der Waals surface area contributed by atoms with Crippen LogP contribution in [-0.2, 0) is 0 Å². The Labute approximate surface area is 101 Å². The van der Waals surface area contributed by atoms with Gasteiger partial charge in [-0.25, -0.2) is 4.98 Å². The summed E-state index contributed by atoms with van der Waals surface area (Å²) >= 11 is 0. The molecule has 1 aromatic rings. The number of hydrogen-bond acceptors (Lipinski definition) is 4. The third kappa shape index (κ3) is 3.18. The third-order valence-corrected chi connectivity index (χ3v) is 3.21. The Balaban J connectivity index is 2.01. The fraction of sp³-hybridized carbons (Fsp3) is 0.538. The molecule has 0 spiro atoms. The standard InChI is InChI=1S/C13H17N3O/c14-8-10-6-7-13(15-9-10)16-11-4-2-1-3-5-12(11)17/h6-7,9,11-12,17H,1-5H2,(H,15,16). The third-order valence-electron chi connectivity index (χ3n) is 3.21. The highest BCUT2D eigenvalue weighted by Crippen LogP contribution is 2.20. The molecule has 1 aliphatic rings. The second kappa shape index (κ2) is 5.65. The number of aliphatic hydroxyl groups is 1. The monoisotopic (exact) mass is 231 g/mol. The summed E-state index contributed by atoms with van der Waals surface area (Å²) in [5.74, 6) is 0.731. The van der Waals surface area contributed by atoms with E-state index in [0.717, 1.165) is 31.5 Å². The summed E-state index contributed by atoms with van der Waals surface area (Å²) in [4.78, 5) is 4.16. The number of anilines is 1. The second-order valence-electron chi connectivity index (χ2n) is 4.50. The summed E-state index contributed by atoms with van der Waals surface area (Å²) in [7, 11) is 0. The van der Waals surface area contributed by atoms with E-state index < -0.39 is 0 Å². The maximum Gasteiger partial charge on any atom is 0.126 e. The van der Waals surface area contributed by atoms with Crippen molar-refractivity contribution in [3.63, 3.8) is 0 Å². The first-order valence-electron chi connectivity index (χ1n) is 6.10. The van der Waals surface area contributed by atoms with Crippen molar-refractivity contribution >= 4 is 5.82 Å². The fourth-order valence-corrected chi connectivity index (χ4v) is 2.19. The van der Waals surface area contributed by atoms with Crippen molar-refractivity contribution in [2.45, 2.75) is 44.2 Å². The molecule has 2 unspecified atom stereocenters. The summed E-state index contributed by atoms with van der Waals surface area (Å²) in [5, 5.41) is 21.9. The zero-order valence-corrected chi connectivity index (χ0v) is 9.76. The first-order valence-corrected chi connectivity index (χ1v) is 6.10. The van der Waals surface area contributed by atoms with Crippen molar-refractivity contribution in [1.82, 2.24) is 4.98 Å². The fourth-order valence-electron chi connectivity index (χ4n) is 2.19. The van der Waals surface area contributed by atoms with Crippen molar-refractivity contribution in [2.75, 3.05) is 5.32 Å². The summed E-state index contributed by atoms with van der Waals surface area (Å²) in [6.07, 6.45) is 6.51. The Hall–Kier alpha value is -1.60. The van der Waals surface area contributed by atoms with E-state index in [9.17, 15) is 5.11 Å². The molecule has 4 nitrogen and oxygen atoms in total. The number of aromatic nitrogens is 1. The normalized spacial score (nSPS) is 24.7. The van der Waals surface area contributed by atoms with Gasteiger partial charge in [-0.15, -0.1) is 0 Å². The van der Waals surface area contributed by atoms with Crippen LogP contribution in [0.25, 0.3) is 0 Å².